The van der Waals surface area contributed by atoms with Crippen LogP contribution in [-0.2, 0) is 0 Å². The third-order valence-corrected chi connectivity index (χ3v) is 3.14. The van der Waals surface area contributed by atoms with Gasteiger partial charge in [0.2, 0.25) is 0 Å². The van der Waals surface area contributed by atoms with Crippen LogP contribution in [0.2, 0.25) is 0 Å². The molecule has 0 aliphatic carbocycles. The number of rotatable bonds is 6. The lowest BCUT2D eigenvalue weighted by atomic mass is 10.1. The molecule has 0 aliphatic heterocycles. The monoisotopic (exact) mass is 243 g/mol. The molecule has 96 valence electrons. The van der Waals surface area contributed by atoms with E-state index in [0.29, 0.717) is 6.04 Å². The molecule has 0 bridgehead atoms. The first-order chi connectivity index (χ1) is 8.85. The van der Waals surface area contributed by atoms with Crippen molar-refractivity contribution in [3.8, 4) is 11.1 Å². The first-order valence-corrected chi connectivity index (χ1v) is 6.59. The summed E-state index contributed by atoms with van der Waals surface area (Å²) in [4.78, 5) is 0. The first-order valence-electron chi connectivity index (χ1n) is 6.59. The number of aromatic nitrogens is 2. The number of benzene rings is 1. The van der Waals surface area contributed by atoms with Crippen LogP contribution in [0.25, 0.3) is 11.1 Å². The fourth-order valence-corrected chi connectivity index (χ4v) is 2.21. The summed E-state index contributed by atoms with van der Waals surface area (Å²) in [6.07, 6.45) is 6.42. The largest absolute Gasteiger partial charge is 0.318 e. The van der Waals surface area contributed by atoms with E-state index in [2.05, 4.69) is 52.5 Å². The summed E-state index contributed by atoms with van der Waals surface area (Å²) < 4.78 is 2.09. The van der Waals surface area contributed by atoms with Crippen LogP contribution >= 0.6 is 0 Å². The normalized spacial score (nSPS) is 12.6. The molecule has 1 aromatic carbocycles. The lowest BCUT2D eigenvalue weighted by molar-refractivity contribution is 0.407. The molecule has 0 spiro atoms. The highest BCUT2D eigenvalue weighted by molar-refractivity contribution is 5.61. The van der Waals surface area contributed by atoms with Crippen LogP contribution in [0.3, 0.4) is 0 Å². The Balaban J connectivity index is 2.18. The summed E-state index contributed by atoms with van der Waals surface area (Å²) in [5.74, 6) is 0. The van der Waals surface area contributed by atoms with E-state index in [1.807, 2.05) is 19.3 Å². The molecule has 0 saturated heterocycles. The predicted octanol–water partition coefficient (Wildman–Crippen LogP) is 3.11. The summed E-state index contributed by atoms with van der Waals surface area (Å²) >= 11 is 0. The highest BCUT2D eigenvalue weighted by atomic mass is 15.3. The van der Waals surface area contributed by atoms with Gasteiger partial charge in [0.25, 0.3) is 0 Å². The minimum Gasteiger partial charge on any atom is -0.318 e. The van der Waals surface area contributed by atoms with E-state index in [-0.39, 0.29) is 0 Å². The van der Waals surface area contributed by atoms with Crippen LogP contribution in [-0.4, -0.2) is 23.4 Å². The molecular formula is C15H21N3. The summed E-state index contributed by atoms with van der Waals surface area (Å²) in [5, 5.41) is 7.75. The summed E-state index contributed by atoms with van der Waals surface area (Å²) in [6.45, 7) is 3.17. The van der Waals surface area contributed by atoms with Gasteiger partial charge < -0.3 is 5.32 Å². The molecule has 1 heterocycles. The third-order valence-electron chi connectivity index (χ3n) is 3.14. The quantitative estimate of drug-likeness (QED) is 0.845. The average Bonchev–Trinajstić information content (AvgIpc) is 2.89. The number of likely N-dealkylation sites (N-methyl/N-ethyl adjacent to an activating group) is 1. The van der Waals surface area contributed by atoms with Crippen LogP contribution in [0.15, 0.2) is 42.7 Å². The molecule has 1 atom stereocenters. The summed E-state index contributed by atoms with van der Waals surface area (Å²) in [5.41, 5.74) is 2.41. The van der Waals surface area contributed by atoms with Gasteiger partial charge in [0.1, 0.15) is 0 Å². The highest BCUT2D eigenvalue weighted by Crippen LogP contribution is 2.20. The van der Waals surface area contributed by atoms with E-state index in [1.54, 1.807) is 0 Å². The Morgan fingerprint density at radius 1 is 1.22 bits per heavy atom. The third kappa shape index (κ3) is 2.99. The first kappa shape index (κ1) is 12.8. The Morgan fingerprint density at radius 2 is 2.00 bits per heavy atom. The standard InChI is InChI=1S/C15H21N3/c1-3-7-15(11-16-2)18-12-14(10-17-18)13-8-5-4-6-9-13/h4-6,8-10,12,15-16H,3,7,11H2,1-2H3. The Labute approximate surface area is 109 Å². The molecule has 1 unspecified atom stereocenters. The molecule has 0 saturated carbocycles. The molecule has 3 heteroatoms. The van der Waals surface area contributed by atoms with E-state index in [1.165, 1.54) is 17.5 Å². The maximum atomic E-state index is 4.51. The zero-order valence-corrected chi connectivity index (χ0v) is 11.1. The van der Waals surface area contributed by atoms with Gasteiger partial charge in [-0.3, -0.25) is 4.68 Å². The molecular weight excluding hydrogens is 222 g/mol. The second-order valence-electron chi connectivity index (χ2n) is 4.58. The van der Waals surface area contributed by atoms with Crippen LogP contribution in [0.1, 0.15) is 25.8 Å². The second kappa shape index (κ2) is 6.36. The average molecular weight is 243 g/mol. The lowest BCUT2D eigenvalue weighted by Gasteiger charge is -2.16. The number of hydrogen-bond donors (Lipinski definition) is 1. The van der Waals surface area contributed by atoms with Crippen molar-refractivity contribution in [2.24, 2.45) is 0 Å². The smallest absolute Gasteiger partial charge is 0.0643 e. The van der Waals surface area contributed by atoms with Gasteiger partial charge in [-0.1, -0.05) is 43.7 Å². The molecule has 1 aromatic heterocycles. The van der Waals surface area contributed by atoms with Crippen LogP contribution in [0.5, 0.6) is 0 Å². The maximum absolute atomic E-state index is 4.51. The minimum atomic E-state index is 0.442. The highest BCUT2D eigenvalue weighted by Gasteiger charge is 2.10. The second-order valence-corrected chi connectivity index (χ2v) is 4.58. The minimum absolute atomic E-state index is 0.442. The van der Waals surface area contributed by atoms with Gasteiger partial charge in [-0.15, -0.1) is 0 Å². The Hall–Kier alpha value is -1.61. The number of nitrogens with zero attached hydrogens (tertiary/aromatic N) is 2. The number of hydrogen-bond acceptors (Lipinski definition) is 2. The van der Waals surface area contributed by atoms with Gasteiger partial charge in [-0.25, -0.2) is 0 Å². The molecule has 1 N–H and O–H groups in total. The van der Waals surface area contributed by atoms with E-state index in [0.717, 1.165) is 13.0 Å². The maximum Gasteiger partial charge on any atom is 0.0643 e. The molecule has 0 amide bonds. The van der Waals surface area contributed by atoms with Gasteiger partial charge in [-0.05, 0) is 19.0 Å². The van der Waals surface area contributed by atoms with Gasteiger partial charge in [-0.2, -0.15) is 5.10 Å². The van der Waals surface area contributed by atoms with Crippen molar-refractivity contribution in [3.05, 3.63) is 42.7 Å². The molecule has 2 rings (SSSR count). The van der Waals surface area contributed by atoms with Crippen molar-refractivity contribution in [2.45, 2.75) is 25.8 Å². The van der Waals surface area contributed by atoms with Gasteiger partial charge in [0.05, 0.1) is 12.2 Å². The van der Waals surface area contributed by atoms with Crippen molar-refractivity contribution in [2.75, 3.05) is 13.6 Å². The van der Waals surface area contributed by atoms with Crippen molar-refractivity contribution < 1.29 is 0 Å². The lowest BCUT2D eigenvalue weighted by Crippen LogP contribution is -2.22. The van der Waals surface area contributed by atoms with Crippen LogP contribution < -0.4 is 5.32 Å². The SMILES string of the molecule is CCCC(CNC)n1cc(-c2ccccc2)cn1. The molecule has 0 radical (unpaired) electrons. The fourth-order valence-electron chi connectivity index (χ4n) is 2.21. The van der Waals surface area contributed by atoms with Crippen molar-refractivity contribution in [1.82, 2.24) is 15.1 Å². The van der Waals surface area contributed by atoms with Crippen molar-refractivity contribution >= 4 is 0 Å². The molecule has 0 fully saturated rings. The van der Waals surface area contributed by atoms with Gasteiger partial charge >= 0.3 is 0 Å². The molecule has 2 aromatic rings. The van der Waals surface area contributed by atoms with Crippen LogP contribution in [0.4, 0.5) is 0 Å². The van der Waals surface area contributed by atoms with E-state index in [4.69, 9.17) is 0 Å². The Kier molecular flexibility index (Phi) is 4.53. The zero-order valence-electron chi connectivity index (χ0n) is 11.1. The van der Waals surface area contributed by atoms with E-state index >= 15 is 0 Å². The molecule has 0 aliphatic rings. The van der Waals surface area contributed by atoms with E-state index < -0.39 is 0 Å². The zero-order chi connectivity index (χ0) is 12.8. The topological polar surface area (TPSA) is 29.9 Å². The van der Waals surface area contributed by atoms with Gasteiger partial charge in [0.15, 0.2) is 0 Å². The molecule has 3 nitrogen and oxygen atoms in total. The Morgan fingerprint density at radius 3 is 2.67 bits per heavy atom. The fraction of sp³-hybridized carbons (Fsp3) is 0.400. The number of nitrogens with one attached hydrogen (secondary N) is 1. The van der Waals surface area contributed by atoms with Crippen molar-refractivity contribution in [1.29, 1.82) is 0 Å². The van der Waals surface area contributed by atoms with Gasteiger partial charge in [0, 0.05) is 18.3 Å². The summed E-state index contributed by atoms with van der Waals surface area (Å²) in [6, 6.07) is 10.8. The van der Waals surface area contributed by atoms with Crippen molar-refractivity contribution in [3.63, 3.8) is 0 Å². The van der Waals surface area contributed by atoms with Crippen LogP contribution in [0, 0.1) is 0 Å². The summed E-state index contributed by atoms with van der Waals surface area (Å²) in [7, 11) is 1.99. The Bertz CT molecular complexity index is 456. The van der Waals surface area contributed by atoms with E-state index in [9.17, 15) is 0 Å². The molecule has 18 heavy (non-hydrogen) atoms. The predicted molar refractivity (Wildman–Crippen MR) is 75.5 cm³/mol.